The Kier molecular flexibility index (Phi) is 5.99. The number of aromatic nitrogens is 4. The number of hydrogen-bond donors (Lipinski definition) is 0. The normalized spacial score (nSPS) is 14.9. The van der Waals surface area contributed by atoms with Gasteiger partial charge in [-0.1, -0.05) is 12.1 Å². The van der Waals surface area contributed by atoms with Crippen LogP contribution in [0.1, 0.15) is 31.4 Å². The van der Waals surface area contributed by atoms with Crippen molar-refractivity contribution in [1.82, 2.24) is 20.1 Å². The molecule has 0 bridgehead atoms. The highest BCUT2D eigenvalue weighted by Gasteiger charge is 2.19. The number of aryl methyl sites for hydroxylation is 1. The highest BCUT2D eigenvalue weighted by Crippen LogP contribution is 2.23. The van der Waals surface area contributed by atoms with Gasteiger partial charge in [0.1, 0.15) is 0 Å². The van der Waals surface area contributed by atoms with E-state index in [1.54, 1.807) is 11.8 Å². The van der Waals surface area contributed by atoms with Crippen LogP contribution in [0.2, 0.25) is 0 Å². The molecule has 3 aromatic rings. The Morgan fingerprint density at radius 3 is 2.62 bits per heavy atom. The second kappa shape index (κ2) is 8.82. The van der Waals surface area contributed by atoms with Crippen molar-refractivity contribution in [1.29, 1.82) is 0 Å². The molecule has 0 atom stereocenters. The molecule has 0 amide bonds. The lowest BCUT2D eigenvalue weighted by molar-refractivity contribution is 0.235. The molecule has 0 radical (unpaired) electrons. The lowest BCUT2D eigenvalue weighted by atomic mass is 10.00. The van der Waals surface area contributed by atoms with Gasteiger partial charge >= 0.3 is 0 Å². The predicted molar refractivity (Wildman–Crippen MR) is 113 cm³/mol. The molecule has 0 N–H and O–H groups in total. The Morgan fingerprint density at radius 2 is 1.90 bits per heavy atom. The summed E-state index contributed by atoms with van der Waals surface area (Å²) in [4.78, 5) is 17.0. The van der Waals surface area contributed by atoms with Gasteiger partial charge in [-0.3, -0.25) is 0 Å². The lowest BCUT2D eigenvalue weighted by Crippen LogP contribution is -2.34. The van der Waals surface area contributed by atoms with E-state index in [4.69, 9.17) is 9.26 Å². The van der Waals surface area contributed by atoms with Crippen molar-refractivity contribution >= 4 is 17.7 Å². The zero-order valence-corrected chi connectivity index (χ0v) is 17.8. The summed E-state index contributed by atoms with van der Waals surface area (Å²) in [5, 5.41) is 4.06. The van der Waals surface area contributed by atoms with Crippen molar-refractivity contribution in [3.05, 3.63) is 41.9 Å². The van der Waals surface area contributed by atoms with Crippen molar-refractivity contribution in [3.8, 4) is 17.3 Å². The van der Waals surface area contributed by atoms with Crippen LogP contribution in [0, 0.1) is 12.8 Å². The molecule has 1 fully saturated rings. The second-order valence-corrected chi connectivity index (χ2v) is 8.23. The van der Waals surface area contributed by atoms with Crippen LogP contribution < -0.4 is 9.64 Å². The van der Waals surface area contributed by atoms with Crippen molar-refractivity contribution < 1.29 is 9.26 Å². The number of hydrogen-bond acceptors (Lipinski definition) is 8. The van der Waals surface area contributed by atoms with Crippen LogP contribution in [0.25, 0.3) is 11.4 Å². The van der Waals surface area contributed by atoms with E-state index in [0.29, 0.717) is 17.6 Å². The molecule has 0 aliphatic carbocycles. The van der Waals surface area contributed by atoms with Crippen LogP contribution >= 0.6 is 11.8 Å². The Labute approximate surface area is 174 Å². The van der Waals surface area contributed by atoms with Gasteiger partial charge in [0.05, 0.1) is 0 Å². The van der Waals surface area contributed by atoms with E-state index in [1.165, 1.54) is 4.90 Å². The Balaban J connectivity index is 1.42. The van der Waals surface area contributed by atoms with Gasteiger partial charge in [-0.25, -0.2) is 4.98 Å². The van der Waals surface area contributed by atoms with Gasteiger partial charge in [-0.05, 0) is 56.2 Å². The quantitative estimate of drug-likeness (QED) is 0.553. The predicted octanol–water partition coefficient (Wildman–Crippen LogP) is 4.37. The van der Waals surface area contributed by atoms with Gasteiger partial charge in [-0.15, -0.1) is 11.8 Å². The van der Waals surface area contributed by atoms with E-state index in [-0.39, 0.29) is 6.61 Å². The highest BCUT2D eigenvalue weighted by atomic mass is 32.2. The number of rotatable bonds is 6. The molecule has 3 heterocycles. The number of piperidine rings is 1. The van der Waals surface area contributed by atoms with Crippen molar-refractivity contribution in [2.24, 2.45) is 5.92 Å². The summed E-state index contributed by atoms with van der Waals surface area (Å²) in [6.45, 7) is 6.37. The first-order valence-electron chi connectivity index (χ1n) is 9.81. The number of ether oxygens (including phenoxy) is 1. The minimum Gasteiger partial charge on any atom is -0.467 e. The van der Waals surface area contributed by atoms with Gasteiger partial charge in [0.25, 0.3) is 5.89 Å². The SMILES string of the molecule is CSc1ccc(-c2noc(COc3cc(C)nc(N4CCC(C)CC4)n3)n2)cc1. The molecular weight excluding hydrogens is 386 g/mol. The average Bonchev–Trinajstić information content (AvgIpc) is 3.21. The maximum Gasteiger partial charge on any atom is 0.264 e. The van der Waals surface area contributed by atoms with Crippen molar-refractivity contribution in [3.63, 3.8) is 0 Å². The Bertz CT molecular complexity index is 952. The molecular formula is C21H25N5O2S. The third-order valence-corrected chi connectivity index (χ3v) is 5.79. The second-order valence-electron chi connectivity index (χ2n) is 7.35. The molecule has 0 saturated carbocycles. The average molecular weight is 412 g/mol. The molecule has 1 aliphatic heterocycles. The fourth-order valence-corrected chi connectivity index (χ4v) is 3.66. The van der Waals surface area contributed by atoms with E-state index < -0.39 is 0 Å². The molecule has 1 aromatic carbocycles. The zero-order chi connectivity index (χ0) is 20.2. The minimum atomic E-state index is 0.169. The number of anilines is 1. The van der Waals surface area contributed by atoms with Crippen LogP contribution in [0.5, 0.6) is 5.88 Å². The number of thioether (sulfide) groups is 1. The molecule has 0 unspecified atom stereocenters. The molecule has 7 nitrogen and oxygen atoms in total. The van der Waals surface area contributed by atoms with E-state index in [1.807, 2.05) is 43.5 Å². The van der Waals surface area contributed by atoms with E-state index in [0.717, 1.165) is 49.1 Å². The first-order chi connectivity index (χ1) is 14.1. The summed E-state index contributed by atoms with van der Waals surface area (Å²) in [7, 11) is 0. The summed E-state index contributed by atoms with van der Waals surface area (Å²) < 4.78 is 11.2. The molecule has 4 rings (SSSR count). The van der Waals surface area contributed by atoms with Crippen molar-refractivity contribution in [2.45, 2.75) is 38.2 Å². The summed E-state index contributed by atoms with van der Waals surface area (Å²) in [6.07, 6.45) is 4.37. The van der Waals surface area contributed by atoms with Crippen LogP contribution in [0.4, 0.5) is 5.95 Å². The summed E-state index contributed by atoms with van der Waals surface area (Å²) in [6, 6.07) is 9.88. The summed E-state index contributed by atoms with van der Waals surface area (Å²) in [5.74, 6) is 2.98. The zero-order valence-electron chi connectivity index (χ0n) is 17.0. The fraction of sp³-hybridized carbons (Fsp3) is 0.429. The number of benzene rings is 1. The first-order valence-corrected chi connectivity index (χ1v) is 11.0. The maximum absolute atomic E-state index is 5.83. The standard InChI is InChI=1S/C21H25N5O2S/c1-14-8-10-26(11-9-14)21-22-15(2)12-18(24-21)27-13-19-23-20(25-28-19)16-4-6-17(29-3)7-5-16/h4-7,12,14H,8-11,13H2,1-3H3. The number of nitrogens with zero attached hydrogens (tertiary/aromatic N) is 5. The molecule has 29 heavy (non-hydrogen) atoms. The van der Waals surface area contributed by atoms with Crippen LogP contribution in [-0.2, 0) is 6.61 Å². The van der Waals surface area contributed by atoms with Crippen LogP contribution in [-0.4, -0.2) is 39.5 Å². The Morgan fingerprint density at radius 1 is 1.14 bits per heavy atom. The Hall–Kier alpha value is -2.61. The molecule has 0 spiro atoms. The fourth-order valence-electron chi connectivity index (χ4n) is 3.26. The topological polar surface area (TPSA) is 77.2 Å². The third-order valence-electron chi connectivity index (χ3n) is 5.05. The monoisotopic (exact) mass is 411 g/mol. The smallest absolute Gasteiger partial charge is 0.264 e. The maximum atomic E-state index is 5.83. The largest absolute Gasteiger partial charge is 0.467 e. The van der Waals surface area contributed by atoms with E-state index >= 15 is 0 Å². The van der Waals surface area contributed by atoms with Gasteiger partial charge in [0.15, 0.2) is 6.61 Å². The molecule has 1 aliphatic rings. The molecule has 8 heteroatoms. The molecule has 2 aromatic heterocycles. The summed E-state index contributed by atoms with van der Waals surface area (Å²) >= 11 is 1.70. The molecule has 1 saturated heterocycles. The van der Waals surface area contributed by atoms with Gasteiger partial charge < -0.3 is 14.2 Å². The van der Waals surface area contributed by atoms with Crippen LogP contribution in [0.3, 0.4) is 0 Å². The van der Waals surface area contributed by atoms with Gasteiger partial charge in [0, 0.05) is 35.3 Å². The summed E-state index contributed by atoms with van der Waals surface area (Å²) in [5.41, 5.74) is 1.79. The third kappa shape index (κ3) is 4.87. The molecule has 152 valence electrons. The van der Waals surface area contributed by atoms with E-state index in [9.17, 15) is 0 Å². The van der Waals surface area contributed by atoms with Crippen molar-refractivity contribution in [2.75, 3.05) is 24.2 Å². The first kappa shape index (κ1) is 19.7. The van der Waals surface area contributed by atoms with Gasteiger partial charge in [0.2, 0.25) is 17.7 Å². The van der Waals surface area contributed by atoms with Crippen LogP contribution in [0.15, 0.2) is 39.8 Å². The highest BCUT2D eigenvalue weighted by molar-refractivity contribution is 7.98. The lowest BCUT2D eigenvalue weighted by Gasteiger charge is -2.30. The van der Waals surface area contributed by atoms with E-state index in [2.05, 4.69) is 31.9 Å². The minimum absolute atomic E-state index is 0.169. The van der Waals surface area contributed by atoms with Gasteiger partial charge in [-0.2, -0.15) is 9.97 Å².